The van der Waals surface area contributed by atoms with Gasteiger partial charge in [0.25, 0.3) is 0 Å². The molecule has 1 aromatic heterocycles. The highest BCUT2D eigenvalue weighted by Gasteiger charge is 2.16. The maximum Gasteiger partial charge on any atom is 0.0540 e. The van der Waals surface area contributed by atoms with Crippen LogP contribution in [-0.4, -0.2) is 16.2 Å². The quantitative estimate of drug-likeness (QED) is 0.764. The van der Waals surface area contributed by atoms with Crippen molar-refractivity contribution in [3.8, 4) is 0 Å². The monoisotopic (exact) mass is 205 g/mol. The van der Waals surface area contributed by atoms with E-state index in [0.29, 0.717) is 5.92 Å². The molecule has 2 atom stereocenters. The normalized spacial score (nSPS) is 28.1. The zero-order valence-electron chi connectivity index (χ0n) is 9.10. The molecule has 0 saturated heterocycles. The van der Waals surface area contributed by atoms with Gasteiger partial charge in [-0.2, -0.15) is 0 Å². The molecule has 1 aliphatic rings. The van der Waals surface area contributed by atoms with Crippen LogP contribution in [0.25, 0.3) is 0 Å². The Kier molecular flexibility index (Phi) is 3.73. The average molecular weight is 205 g/mol. The maximum absolute atomic E-state index is 9.67. The third-order valence-electron chi connectivity index (χ3n) is 3.37. The molecule has 1 heterocycles. The highest BCUT2D eigenvalue weighted by atomic mass is 16.3. The van der Waals surface area contributed by atoms with E-state index in [2.05, 4.69) is 17.1 Å². The molecule has 1 aromatic rings. The van der Waals surface area contributed by atoms with Gasteiger partial charge in [-0.05, 0) is 49.3 Å². The van der Waals surface area contributed by atoms with Gasteiger partial charge < -0.3 is 5.11 Å². The third-order valence-corrected chi connectivity index (χ3v) is 3.37. The van der Waals surface area contributed by atoms with E-state index >= 15 is 0 Å². The zero-order chi connectivity index (χ0) is 10.5. The van der Waals surface area contributed by atoms with Crippen LogP contribution in [0.1, 0.15) is 50.0 Å². The van der Waals surface area contributed by atoms with Crippen LogP contribution in [0.15, 0.2) is 24.5 Å². The highest BCUT2D eigenvalue weighted by Crippen LogP contribution is 2.30. The standard InChI is InChI=1S/C13H19NO/c15-13-4-2-1-3-11(5-6-13)12-7-9-14-10-8-12/h7-11,13,15H,1-6H2. The topological polar surface area (TPSA) is 33.1 Å². The van der Waals surface area contributed by atoms with Crippen molar-refractivity contribution >= 4 is 0 Å². The predicted molar refractivity (Wildman–Crippen MR) is 60.7 cm³/mol. The molecule has 0 bridgehead atoms. The summed E-state index contributed by atoms with van der Waals surface area (Å²) in [6.45, 7) is 0. The van der Waals surface area contributed by atoms with E-state index < -0.39 is 0 Å². The molecular formula is C13H19NO. The molecular weight excluding hydrogens is 186 g/mol. The Labute approximate surface area is 91.4 Å². The fraction of sp³-hybridized carbons (Fsp3) is 0.615. The summed E-state index contributed by atoms with van der Waals surface area (Å²) < 4.78 is 0. The molecule has 0 aliphatic heterocycles. The van der Waals surface area contributed by atoms with Crippen molar-refractivity contribution in [1.29, 1.82) is 0 Å². The summed E-state index contributed by atoms with van der Waals surface area (Å²) in [4.78, 5) is 4.05. The second kappa shape index (κ2) is 5.26. The minimum atomic E-state index is -0.0744. The Balaban J connectivity index is 2.01. The van der Waals surface area contributed by atoms with E-state index in [0.717, 1.165) is 19.3 Å². The number of rotatable bonds is 1. The van der Waals surface area contributed by atoms with Crippen molar-refractivity contribution in [2.45, 2.75) is 50.5 Å². The zero-order valence-corrected chi connectivity index (χ0v) is 9.10. The van der Waals surface area contributed by atoms with Gasteiger partial charge >= 0.3 is 0 Å². The lowest BCUT2D eigenvalue weighted by Gasteiger charge is -2.22. The van der Waals surface area contributed by atoms with Crippen LogP contribution in [0.2, 0.25) is 0 Å². The van der Waals surface area contributed by atoms with E-state index in [9.17, 15) is 5.11 Å². The third kappa shape index (κ3) is 3.03. The lowest BCUT2D eigenvalue weighted by atomic mass is 9.85. The Hall–Kier alpha value is -0.890. The Bertz CT molecular complexity index is 286. The van der Waals surface area contributed by atoms with E-state index in [1.807, 2.05) is 12.4 Å². The van der Waals surface area contributed by atoms with Crippen LogP contribution in [0.4, 0.5) is 0 Å². The molecule has 1 N–H and O–H groups in total. The van der Waals surface area contributed by atoms with E-state index in [4.69, 9.17) is 0 Å². The Morgan fingerprint density at radius 2 is 1.73 bits per heavy atom. The summed E-state index contributed by atoms with van der Waals surface area (Å²) >= 11 is 0. The van der Waals surface area contributed by atoms with Crippen molar-refractivity contribution in [3.63, 3.8) is 0 Å². The summed E-state index contributed by atoms with van der Waals surface area (Å²) in [5.41, 5.74) is 1.39. The van der Waals surface area contributed by atoms with Gasteiger partial charge in [-0.1, -0.05) is 12.8 Å². The van der Waals surface area contributed by atoms with Gasteiger partial charge in [-0.3, -0.25) is 4.98 Å². The molecule has 1 aliphatic carbocycles. The van der Waals surface area contributed by atoms with E-state index in [1.165, 1.54) is 24.8 Å². The number of nitrogens with zero attached hydrogens (tertiary/aromatic N) is 1. The van der Waals surface area contributed by atoms with Crippen LogP contribution >= 0.6 is 0 Å². The first kappa shape index (κ1) is 10.6. The first-order chi connectivity index (χ1) is 7.36. The predicted octanol–water partition coefficient (Wildman–Crippen LogP) is 2.88. The number of aliphatic hydroxyl groups is 1. The van der Waals surface area contributed by atoms with Gasteiger partial charge in [0.2, 0.25) is 0 Å². The van der Waals surface area contributed by atoms with Crippen molar-refractivity contribution in [1.82, 2.24) is 4.98 Å². The molecule has 2 unspecified atom stereocenters. The van der Waals surface area contributed by atoms with Crippen molar-refractivity contribution < 1.29 is 5.11 Å². The van der Waals surface area contributed by atoms with E-state index in [-0.39, 0.29) is 6.10 Å². The second-order valence-corrected chi connectivity index (χ2v) is 4.49. The number of hydrogen-bond acceptors (Lipinski definition) is 2. The maximum atomic E-state index is 9.67. The van der Waals surface area contributed by atoms with Crippen LogP contribution in [0.5, 0.6) is 0 Å². The molecule has 82 valence electrons. The number of aliphatic hydroxyl groups excluding tert-OH is 1. The minimum Gasteiger partial charge on any atom is -0.393 e. The summed E-state index contributed by atoms with van der Waals surface area (Å²) in [5.74, 6) is 0.628. The van der Waals surface area contributed by atoms with Gasteiger partial charge in [0, 0.05) is 12.4 Å². The fourth-order valence-corrected chi connectivity index (χ4v) is 2.42. The molecule has 0 radical (unpaired) electrons. The first-order valence-electron chi connectivity index (χ1n) is 5.94. The summed E-state index contributed by atoms with van der Waals surface area (Å²) in [5, 5.41) is 9.67. The Morgan fingerprint density at radius 1 is 1.00 bits per heavy atom. The molecule has 0 amide bonds. The summed E-state index contributed by atoms with van der Waals surface area (Å²) in [6.07, 6.45) is 10.4. The summed E-state index contributed by atoms with van der Waals surface area (Å²) in [7, 11) is 0. The number of aromatic nitrogens is 1. The molecule has 2 rings (SSSR count). The van der Waals surface area contributed by atoms with Crippen LogP contribution in [-0.2, 0) is 0 Å². The van der Waals surface area contributed by atoms with E-state index in [1.54, 1.807) is 0 Å². The lowest BCUT2D eigenvalue weighted by Crippen LogP contribution is -2.12. The van der Waals surface area contributed by atoms with Gasteiger partial charge in [0.05, 0.1) is 6.10 Å². The largest absolute Gasteiger partial charge is 0.393 e. The van der Waals surface area contributed by atoms with Crippen molar-refractivity contribution in [3.05, 3.63) is 30.1 Å². The lowest BCUT2D eigenvalue weighted by molar-refractivity contribution is 0.138. The molecule has 1 saturated carbocycles. The second-order valence-electron chi connectivity index (χ2n) is 4.49. The van der Waals surface area contributed by atoms with Crippen LogP contribution < -0.4 is 0 Å². The first-order valence-corrected chi connectivity index (χ1v) is 5.94. The van der Waals surface area contributed by atoms with Crippen molar-refractivity contribution in [2.24, 2.45) is 0 Å². The molecule has 1 fully saturated rings. The Morgan fingerprint density at radius 3 is 2.53 bits per heavy atom. The molecule has 2 nitrogen and oxygen atoms in total. The number of pyridine rings is 1. The van der Waals surface area contributed by atoms with Crippen molar-refractivity contribution in [2.75, 3.05) is 0 Å². The average Bonchev–Trinajstić information content (AvgIpc) is 2.25. The van der Waals surface area contributed by atoms with Gasteiger partial charge in [-0.15, -0.1) is 0 Å². The molecule has 0 aromatic carbocycles. The smallest absolute Gasteiger partial charge is 0.0540 e. The van der Waals surface area contributed by atoms with Gasteiger partial charge in [0.1, 0.15) is 0 Å². The van der Waals surface area contributed by atoms with Gasteiger partial charge in [0.15, 0.2) is 0 Å². The number of hydrogen-bond donors (Lipinski definition) is 1. The van der Waals surface area contributed by atoms with Crippen LogP contribution in [0, 0.1) is 0 Å². The van der Waals surface area contributed by atoms with Gasteiger partial charge in [-0.25, -0.2) is 0 Å². The molecule has 0 spiro atoms. The van der Waals surface area contributed by atoms with Crippen LogP contribution in [0.3, 0.4) is 0 Å². The molecule has 15 heavy (non-hydrogen) atoms. The fourth-order valence-electron chi connectivity index (χ4n) is 2.42. The highest BCUT2D eigenvalue weighted by molar-refractivity contribution is 5.15. The minimum absolute atomic E-state index is 0.0744. The summed E-state index contributed by atoms with van der Waals surface area (Å²) in [6, 6.07) is 4.22. The molecule has 2 heteroatoms. The SMILES string of the molecule is OC1CCCCC(c2ccncc2)CC1.